The molecule has 0 radical (unpaired) electrons. The van der Waals surface area contributed by atoms with E-state index in [0.29, 0.717) is 6.54 Å². The summed E-state index contributed by atoms with van der Waals surface area (Å²) in [5, 5.41) is 5.27. The first-order chi connectivity index (χ1) is 16.7. The van der Waals surface area contributed by atoms with Crippen LogP contribution in [0.25, 0.3) is 21.7 Å². The molecule has 7 heteroatoms. The summed E-state index contributed by atoms with van der Waals surface area (Å²) in [6.07, 6.45) is 0.875. The van der Waals surface area contributed by atoms with Gasteiger partial charge in [0.2, 0.25) is 0 Å². The van der Waals surface area contributed by atoms with Gasteiger partial charge in [0.25, 0.3) is 5.91 Å². The van der Waals surface area contributed by atoms with Gasteiger partial charge < -0.3 is 24.4 Å². The normalized spacial score (nSPS) is 16.1. The first kappa shape index (κ1) is 23.9. The van der Waals surface area contributed by atoms with Gasteiger partial charge in [0, 0.05) is 55.3 Å². The summed E-state index contributed by atoms with van der Waals surface area (Å²) in [5.74, 6) is 0.939. The van der Waals surface area contributed by atoms with Crippen molar-refractivity contribution in [1.82, 2.24) is 14.8 Å². The zero-order valence-corrected chi connectivity index (χ0v) is 22.3. The number of nitrogens with one attached hydrogen (secondary N) is 1. The third-order valence-electron chi connectivity index (χ3n) is 7.00. The third-order valence-corrected chi connectivity index (χ3v) is 7.91. The van der Waals surface area contributed by atoms with Gasteiger partial charge in [-0.3, -0.25) is 4.79 Å². The van der Waals surface area contributed by atoms with Gasteiger partial charge >= 0.3 is 0 Å². The number of thiophene rings is 1. The van der Waals surface area contributed by atoms with Gasteiger partial charge in [-0.2, -0.15) is 0 Å². The minimum atomic E-state index is 0.000217. The Labute approximate surface area is 212 Å². The van der Waals surface area contributed by atoms with Crippen molar-refractivity contribution in [1.29, 1.82) is 0 Å². The summed E-state index contributed by atoms with van der Waals surface area (Å²) in [4.78, 5) is 19.3. The molecular formula is C28H36N4O2S. The van der Waals surface area contributed by atoms with Gasteiger partial charge in [-0.05, 0) is 54.1 Å². The summed E-state index contributed by atoms with van der Waals surface area (Å²) in [6.45, 7) is 11.9. The number of hydrogen-bond donors (Lipinski definition) is 1. The number of aromatic nitrogens is 1. The molecule has 1 aromatic carbocycles. The number of methoxy groups -OCH3 is 1. The molecule has 1 fully saturated rings. The maximum Gasteiger partial charge on any atom is 0.267 e. The van der Waals surface area contributed by atoms with Crippen LogP contribution in [0.5, 0.6) is 5.75 Å². The molecule has 1 amide bonds. The van der Waals surface area contributed by atoms with Crippen molar-refractivity contribution in [2.24, 2.45) is 5.41 Å². The number of aryl methyl sites for hydroxylation is 1. The molecule has 2 aromatic heterocycles. The van der Waals surface area contributed by atoms with E-state index in [9.17, 15) is 4.79 Å². The van der Waals surface area contributed by atoms with Crippen LogP contribution >= 0.6 is 11.3 Å². The Hall–Kier alpha value is -2.77. The molecule has 1 saturated heterocycles. The maximum absolute atomic E-state index is 13.3. The maximum atomic E-state index is 13.3. The fraction of sp³-hybridized carbons (Fsp3) is 0.464. The number of amides is 1. The number of fused-ring (bicyclic) bond motifs is 3. The second-order valence-electron chi connectivity index (χ2n) is 10.9. The van der Waals surface area contributed by atoms with Crippen molar-refractivity contribution in [3.63, 3.8) is 0 Å². The quantitative estimate of drug-likeness (QED) is 0.546. The second-order valence-corrected chi connectivity index (χ2v) is 11.8. The average Bonchev–Trinajstić information content (AvgIpc) is 3.50. The zero-order chi connectivity index (χ0) is 24.7. The summed E-state index contributed by atoms with van der Waals surface area (Å²) in [6, 6.07) is 10.8. The monoisotopic (exact) mass is 492 g/mol. The van der Waals surface area contributed by atoms with Crippen LogP contribution < -0.4 is 15.0 Å². The smallest absolute Gasteiger partial charge is 0.267 e. The fourth-order valence-corrected chi connectivity index (χ4v) is 5.79. The number of carbonyl (C=O) groups excluding carboxylic acids is 1. The van der Waals surface area contributed by atoms with E-state index in [1.165, 1.54) is 16.0 Å². The van der Waals surface area contributed by atoms with Crippen LogP contribution in [0.1, 0.15) is 36.8 Å². The Morgan fingerprint density at radius 1 is 1.09 bits per heavy atom. The summed E-state index contributed by atoms with van der Waals surface area (Å²) in [7, 11) is 3.94. The van der Waals surface area contributed by atoms with E-state index in [2.05, 4.69) is 83.2 Å². The molecule has 2 aliphatic rings. The van der Waals surface area contributed by atoms with Gasteiger partial charge in [-0.25, -0.2) is 0 Å². The Kier molecular flexibility index (Phi) is 6.40. The minimum Gasteiger partial charge on any atom is -0.495 e. The Balaban J connectivity index is 1.62. The van der Waals surface area contributed by atoms with Gasteiger partial charge in [0.1, 0.15) is 11.4 Å². The number of piperazine rings is 1. The van der Waals surface area contributed by atoms with Crippen molar-refractivity contribution in [2.45, 2.75) is 33.7 Å². The van der Waals surface area contributed by atoms with Crippen molar-refractivity contribution in [2.75, 3.05) is 51.8 Å². The molecule has 5 rings (SSSR count). The first-order valence-electron chi connectivity index (χ1n) is 12.5. The number of carbonyl (C=O) groups is 1. The number of rotatable bonds is 5. The molecule has 3 aromatic rings. The van der Waals surface area contributed by atoms with Gasteiger partial charge in [-0.1, -0.05) is 26.8 Å². The lowest BCUT2D eigenvalue weighted by Crippen LogP contribution is -2.44. The third kappa shape index (κ3) is 4.71. The molecule has 0 saturated carbocycles. The molecule has 35 heavy (non-hydrogen) atoms. The molecule has 0 bridgehead atoms. The molecule has 186 valence electrons. The second kappa shape index (κ2) is 9.36. The fourth-order valence-electron chi connectivity index (χ4n) is 5.04. The highest BCUT2D eigenvalue weighted by molar-refractivity contribution is 7.13. The molecule has 4 heterocycles. The van der Waals surface area contributed by atoms with E-state index in [1.54, 1.807) is 18.4 Å². The van der Waals surface area contributed by atoms with Crippen LogP contribution in [-0.4, -0.2) is 62.3 Å². The SMILES string of the molecule is COc1cc2c(cc1N1CCN(C)CC1)-c1c(-c3cccs3)cc(C(=O)NCC(C)(C)C)n1CC2. The van der Waals surface area contributed by atoms with E-state index >= 15 is 0 Å². The van der Waals surface area contributed by atoms with E-state index < -0.39 is 0 Å². The van der Waals surface area contributed by atoms with Crippen LogP contribution in [0.4, 0.5) is 5.69 Å². The predicted molar refractivity (Wildman–Crippen MR) is 145 cm³/mol. The van der Waals surface area contributed by atoms with Crippen LogP contribution in [0.3, 0.4) is 0 Å². The Morgan fingerprint density at radius 3 is 2.51 bits per heavy atom. The van der Waals surface area contributed by atoms with Crippen LogP contribution in [0.15, 0.2) is 35.7 Å². The summed E-state index contributed by atoms with van der Waals surface area (Å²) >= 11 is 1.72. The van der Waals surface area contributed by atoms with E-state index in [4.69, 9.17) is 4.74 Å². The number of hydrogen-bond acceptors (Lipinski definition) is 5. The van der Waals surface area contributed by atoms with Crippen molar-refractivity contribution < 1.29 is 9.53 Å². The van der Waals surface area contributed by atoms with Gasteiger partial charge in [-0.15, -0.1) is 11.3 Å². The summed E-state index contributed by atoms with van der Waals surface area (Å²) in [5.41, 5.74) is 6.70. The molecule has 6 nitrogen and oxygen atoms in total. The molecule has 0 unspecified atom stereocenters. The highest BCUT2D eigenvalue weighted by Gasteiger charge is 2.29. The minimum absolute atomic E-state index is 0.000217. The average molecular weight is 493 g/mol. The van der Waals surface area contributed by atoms with Crippen LogP contribution in [0, 0.1) is 5.41 Å². The molecular weight excluding hydrogens is 456 g/mol. The number of likely N-dealkylation sites (N-methyl/N-ethyl adjacent to an activating group) is 1. The van der Waals surface area contributed by atoms with Gasteiger partial charge in [0.05, 0.1) is 18.5 Å². The van der Waals surface area contributed by atoms with Crippen molar-refractivity contribution in [3.8, 4) is 27.4 Å². The standard InChI is InChI=1S/C28H36N4O2S/c1-28(2,3)18-29-27(33)23-17-21(25-7-6-14-35-25)26-20-16-22(31-12-10-30(4)11-13-31)24(34-5)15-19(20)8-9-32(23)26/h6-7,14-17H,8-13,18H2,1-5H3,(H,29,33). The van der Waals surface area contributed by atoms with Crippen LogP contribution in [0.2, 0.25) is 0 Å². The van der Waals surface area contributed by atoms with E-state index in [-0.39, 0.29) is 11.3 Å². The Bertz CT molecular complexity index is 1210. The number of benzene rings is 1. The summed E-state index contributed by atoms with van der Waals surface area (Å²) < 4.78 is 8.10. The number of anilines is 1. The highest BCUT2D eigenvalue weighted by atomic mass is 32.1. The lowest BCUT2D eigenvalue weighted by molar-refractivity contribution is 0.0930. The molecule has 1 N–H and O–H groups in total. The molecule has 0 spiro atoms. The number of ether oxygens (including phenoxy) is 1. The lowest BCUT2D eigenvalue weighted by atomic mass is 9.94. The number of nitrogens with zero attached hydrogens (tertiary/aromatic N) is 3. The molecule has 0 aliphatic carbocycles. The molecule has 2 aliphatic heterocycles. The van der Waals surface area contributed by atoms with Crippen LogP contribution in [-0.2, 0) is 13.0 Å². The van der Waals surface area contributed by atoms with E-state index in [1.807, 2.05) is 0 Å². The topological polar surface area (TPSA) is 49.7 Å². The lowest BCUT2D eigenvalue weighted by Gasteiger charge is -2.35. The van der Waals surface area contributed by atoms with Crippen molar-refractivity contribution >= 4 is 22.9 Å². The van der Waals surface area contributed by atoms with E-state index in [0.717, 1.165) is 67.5 Å². The van der Waals surface area contributed by atoms with Gasteiger partial charge in [0.15, 0.2) is 0 Å². The zero-order valence-electron chi connectivity index (χ0n) is 21.5. The first-order valence-corrected chi connectivity index (χ1v) is 13.3. The Morgan fingerprint density at radius 2 is 1.86 bits per heavy atom. The predicted octanol–water partition coefficient (Wildman–Crippen LogP) is 4.98. The molecule has 0 atom stereocenters. The van der Waals surface area contributed by atoms with Crippen molar-refractivity contribution in [3.05, 3.63) is 47.0 Å². The largest absolute Gasteiger partial charge is 0.495 e. The highest BCUT2D eigenvalue weighted by Crippen LogP contribution is 2.45.